The Morgan fingerprint density at radius 2 is 1.95 bits per heavy atom. The van der Waals surface area contributed by atoms with E-state index in [-0.39, 0.29) is 6.61 Å². The van der Waals surface area contributed by atoms with Gasteiger partial charge in [-0.1, -0.05) is 23.7 Å². The number of rotatable bonds is 5. The second kappa shape index (κ2) is 7.11. The van der Waals surface area contributed by atoms with E-state index in [0.29, 0.717) is 10.6 Å². The summed E-state index contributed by atoms with van der Waals surface area (Å²) in [7, 11) is 0. The fourth-order valence-electron chi connectivity index (χ4n) is 1.57. The molecular formula is C13H16ClNO4. The van der Waals surface area contributed by atoms with Gasteiger partial charge in [-0.25, -0.2) is 4.79 Å². The maximum absolute atomic E-state index is 11.7. The second-order valence-electron chi connectivity index (χ2n) is 3.93. The lowest BCUT2D eigenvalue weighted by atomic mass is 10.0. The topological polar surface area (TPSA) is 75.6 Å². The second-order valence-corrected chi connectivity index (χ2v) is 4.36. The van der Waals surface area contributed by atoms with Crippen LogP contribution in [0.25, 0.3) is 0 Å². The van der Waals surface area contributed by atoms with Crippen LogP contribution in [-0.2, 0) is 14.3 Å². The molecule has 0 saturated carbocycles. The summed E-state index contributed by atoms with van der Waals surface area (Å²) in [6.07, 6.45) is -1.19. The smallest absolute Gasteiger partial charge is 0.331 e. The van der Waals surface area contributed by atoms with Crippen molar-refractivity contribution in [1.29, 1.82) is 0 Å². The van der Waals surface area contributed by atoms with E-state index in [1.54, 1.807) is 31.2 Å². The van der Waals surface area contributed by atoms with E-state index in [1.807, 2.05) is 0 Å². The number of carbonyl (C=O) groups is 2. The van der Waals surface area contributed by atoms with Crippen LogP contribution in [0.4, 0.5) is 0 Å². The number of aliphatic hydroxyl groups excluding tert-OH is 1. The molecule has 0 aromatic heterocycles. The van der Waals surface area contributed by atoms with E-state index >= 15 is 0 Å². The number of carbonyl (C=O) groups excluding carboxylic acids is 2. The summed E-state index contributed by atoms with van der Waals surface area (Å²) in [6.45, 7) is 3.08. The van der Waals surface area contributed by atoms with E-state index in [1.165, 1.54) is 6.92 Å². The highest BCUT2D eigenvalue weighted by molar-refractivity contribution is 6.30. The van der Waals surface area contributed by atoms with Gasteiger partial charge in [0.1, 0.15) is 6.10 Å². The number of nitrogens with one attached hydrogen (secondary N) is 1. The first-order chi connectivity index (χ1) is 8.95. The average molecular weight is 286 g/mol. The van der Waals surface area contributed by atoms with E-state index in [9.17, 15) is 14.7 Å². The lowest BCUT2D eigenvalue weighted by Crippen LogP contribution is -2.45. The van der Waals surface area contributed by atoms with Gasteiger partial charge in [-0.15, -0.1) is 0 Å². The van der Waals surface area contributed by atoms with Crippen LogP contribution in [0.3, 0.4) is 0 Å². The number of hydrogen-bond donors (Lipinski definition) is 2. The number of benzene rings is 1. The Morgan fingerprint density at radius 1 is 1.37 bits per heavy atom. The SMILES string of the molecule is CCOC(=O)[C@@H](NC(C)=O)[C@H](O)c1ccc(Cl)cc1. The zero-order chi connectivity index (χ0) is 14.4. The molecule has 0 radical (unpaired) electrons. The summed E-state index contributed by atoms with van der Waals surface area (Å²) in [5, 5.41) is 13.1. The summed E-state index contributed by atoms with van der Waals surface area (Å²) in [5.74, 6) is -1.11. The molecule has 0 spiro atoms. The van der Waals surface area contributed by atoms with Gasteiger partial charge in [-0.05, 0) is 24.6 Å². The Kier molecular flexibility index (Phi) is 5.79. The lowest BCUT2D eigenvalue weighted by Gasteiger charge is -2.22. The van der Waals surface area contributed by atoms with Crippen molar-refractivity contribution in [2.45, 2.75) is 26.0 Å². The number of halogens is 1. The number of amides is 1. The number of hydrogen-bond acceptors (Lipinski definition) is 4. The molecule has 104 valence electrons. The van der Waals surface area contributed by atoms with Gasteiger partial charge >= 0.3 is 5.97 Å². The van der Waals surface area contributed by atoms with Crippen LogP contribution in [0.15, 0.2) is 24.3 Å². The van der Waals surface area contributed by atoms with Crippen molar-refractivity contribution >= 4 is 23.5 Å². The molecule has 19 heavy (non-hydrogen) atoms. The molecule has 1 aromatic carbocycles. The molecule has 0 aliphatic carbocycles. The first-order valence-corrected chi connectivity index (χ1v) is 6.20. The highest BCUT2D eigenvalue weighted by atomic mass is 35.5. The first kappa shape index (κ1) is 15.5. The van der Waals surface area contributed by atoms with E-state index in [0.717, 1.165) is 0 Å². The maximum Gasteiger partial charge on any atom is 0.331 e. The summed E-state index contributed by atoms with van der Waals surface area (Å²) >= 11 is 5.75. The van der Waals surface area contributed by atoms with Crippen LogP contribution in [0, 0.1) is 0 Å². The molecule has 6 heteroatoms. The van der Waals surface area contributed by atoms with Crippen LogP contribution >= 0.6 is 11.6 Å². The van der Waals surface area contributed by atoms with Gasteiger partial charge in [0.25, 0.3) is 0 Å². The quantitative estimate of drug-likeness (QED) is 0.803. The maximum atomic E-state index is 11.7. The highest BCUT2D eigenvalue weighted by Gasteiger charge is 2.30. The molecule has 2 atom stereocenters. The van der Waals surface area contributed by atoms with Gasteiger partial charge < -0.3 is 15.2 Å². The first-order valence-electron chi connectivity index (χ1n) is 5.83. The Morgan fingerprint density at radius 3 is 2.42 bits per heavy atom. The zero-order valence-corrected chi connectivity index (χ0v) is 11.5. The van der Waals surface area contributed by atoms with Gasteiger partial charge in [0.2, 0.25) is 5.91 Å². The number of ether oxygens (including phenoxy) is 1. The molecule has 1 amide bonds. The minimum Gasteiger partial charge on any atom is -0.464 e. The molecular weight excluding hydrogens is 270 g/mol. The van der Waals surface area contributed by atoms with Gasteiger partial charge in [0, 0.05) is 11.9 Å². The van der Waals surface area contributed by atoms with Crippen LogP contribution in [0.1, 0.15) is 25.5 Å². The fourth-order valence-corrected chi connectivity index (χ4v) is 1.70. The Labute approximate surface area is 116 Å². The van der Waals surface area contributed by atoms with Crippen LogP contribution in [0.2, 0.25) is 5.02 Å². The van der Waals surface area contributed by atoms with Crippen LogP contribution < -0.4 is 5.32 Å². The summed E-state index contributed by atoms with van der Waals surface area (Å²) in [5.41, 5.74) is 0.469. The third-order valence-corrected chi connectivity index (χ3v) is 2.68. The van der Waals surface area contributed by atoms with Gasteiger partial charge in [0.05, 0.1) is 6.61 Å². The average Bonchev–Trinajstić information content (AvgIpc) is 2.36. The summed E-state index contributed by atoms with van der Waals surface area (Å²) in [6, 6.07) is 5.22. The third-order valence-electron chi connectivity index (χ3n) is 2.43. The minimum atomic E-state index is -1.19. The molecule has 1 rings (SSSR count). The largest absolute Gasteiger partial charge is 0.464 e. The van der Waals surface area contributed by atoms with E-state index in [2.05, 4.69) is 5.32 Å². The monoisotopic (exact) mass is 285 g/mol. The van der Waals surface area contributed by atoms with Crippen molar-refractivity contribution in [2.24, 2.45) is 0 Å². The molecule has 0 unspecified atom stereocenters. The van der Waals surface area contributed by atoms with Crippen molar-refractivity contribution in [3.05, 3.63) is 34.9 Å². The predicted octanol–water partition coefficient (Wildman–Crippen LogP) is 1.44. The van der Waals surface area contributed by atoms with Crippen molar-refractivity contribution in [2.75, 3.05) is 6.61 Å². The standard InChI is InChI=1S/C13H16ClNO4/c1-3-19-13(18)11(15-8(2)16)12(17)9-4-6-10(14)7-5-9/h4-7,11-12,17H,3H2,1-2H3,(H,15,16)/t11-,12+/m0/s1. The molecule has 0 heterocycles. The normalized spacial score (nSPS) is 13.5. The van der Waals surface area contributed by atoms with Crippen LogP contribution in [0.5, 0.6) is 0 Å². The Bertz CT molecular complexity index is 446. The molecule has 0 bridgehead atoms. The van der Waals surface area contributed by atoms with E-state index < -0.39 is 24.0 Å². The lowest BCUT2D eigenvalue weighted by molar-refractivity contribution is -0.150. The molecule has 0 saturated heterocycles. The molecule has 0 aliphatic heterocycles. The summed E-state index contributed by atoms with van der Waals surface area (Å²) in [4.78, 5) is 22.8. The van der Waals surface area contributed by atoms with Gasteiger partial charge in [-0.2, -0.15) is 0 Å². The van der Waals surface area contributed by atoms with Gasteiger partial charge in [-0.3, -0.25) is 4.79 Å². The van der Waals surface area contributed by atoms with Crippen LogP contribution in [-0.4, -0.2) is 29.6 Å². The highest BCUT2D eigenvalue weighted by Crippen LogP contribution is 2.20. The Balaban J connectivity index is 2.92. The number of esters is 1. The molecule has 5 nitrogen and oxygen atoms in total. The molecule has 0 aliphatic rings. The number of aliphatic hydroxyl groups is 1. The van der Waals surface area contributed by atoms with Gasteiger partial charge in [0.15, 0.2) is 6.04 Å². The van der Waals surface area contributed by atoms with Crippen molar-refractivity contribution < 1.29 is 19.4 Å². The third kappa shape index (κ3) is 4.54. The minimum absolute atomic E-state index is 0.169. The van der Waals surface area contributed by atoms with Crippen molar-refractivity contribution in [3.8, 4) is 0 Å². The fraction of sp³-hybridized carbons (Fsp3) is 0.385. The molecule has 1 aromatic rings. The van der Waals surface area contributed by atoms with E-state index in [4.69, 9.17) is 16.3 Å². The molecule has 2 N–H and O–H groups in total. The van der Waals surface area contributed by atoms with Crippen molar-refractivity contribution in [1.82, 2.24) is 5.32 Å². The van der Waals surface area contributed by atoms with Crippen molar-refractivity contribution in [3.63, 3.8) is 0 Å². The summed E-state index contributed by atoms with van der Waals surface area (Å²) < 4.78 is 4.83. The zero-order valence-electron chi connectivity index (χ0n) is 10.7. The Hall–Kier alpha value is -1.59. The molecule has 0 fully saturated rings. The predicted molar refractivity (Wildman–Crippen MR) is 70.6 cm³/mol.